The van der Waals surface area contributed by atoms with Crippen molar-refractivity contribution in [3.8, 4) is 11.4 Å². The van der Waals surface area contributed by atoms with E-state index in [1.165, 1.54) is 0 Å². The van der Waals surface area contributed by atoms with E-state index >= 15 is 0 Å². The number of esters is 1. The van der Waals surface area contributed by atoms with Gasteiger partial charge in [-0.25, -0.2) is 4.68 Å². The summed E-state index contributed by atoms with van der Waals surface area (Å²) in [4.78, 5) is 24.1. The molecule has 31 heavy (non-hydrogen) atoms. The summed E-state index contributed by atoms with van der Waals surface area (Å²) in [5.74, 6) is -0.0403. The van der Waals surface area contributed by atoms with Crippen LogP contribution in [0.4, 0.5) is 5.69 Å². The topological polar surface area (TPSA) is 82.5 Å². The number of carbonyl (C=O) groups excluding carboxylic acids is 2. The number of hydrogen-bond acceptors (Lipinski definition) is 5. The van der Waals surface area contributed by atoms with Crippen LogP contribution >= 0.6 is 0 Å². The largest absolute Gasteiger partial charge is 0.497 e. The highest BCUT2D eigenvalue weighted by Gasteiger charge is 2.16. The van der Waals surface area contributed by atoms with Crippen molar-refractivity contribution in [1.29, 1.82) is 0 Å². The Kier molecular flexibility index (Phi) is 7.07. The van der Waals surface area contributed by atoms with E-state index in [1.807, 2.05) is 61.9 Å². The molecule has 1 heterocycles. The molecule has 0 aliphatic carbocycles. The normalized spacial score (nSPS) is 10.6. The number of benzene rings is 2. The van der Waals surface area contributed by atoms with Gasteiger partial charge in [0.25, 0.3) is 5.91 Å². The first-order valence-electron chi connectivity index (χ1n) is 10.1. The SMILES string of the molecule is COc1cccc(-n2nc(C)c(CCC(=O)OCC(=O)Nc3ccc(C)cc3)c2C)c1. The predicted molar refractivity (Wildman–Crippen MR) is 119 cm³/mol. The average Bonchev–Trinajstić information content (AvgIpc) is 3.05. The van der Waals surface area contributed by atoms with E-state index in [0.717, 1.165) is 34.0 Å². The van der Waals surface area contributed by atoms with Crippen LogP contribution in [-0.4, -0.2) is 35.4 Å². The predicted octanol–water partition coefficient (Wildman–Crippen LogP) is 3.92. The molecule has 0 atom stereocenters. The highest BCUT2D eigenvalue weighted by Crippen LogP contribution is 2.22. The van der Waals surface area contributed by atoms with Crippen molar-refractivity contribution < 1.29 is 19.1 Å². The van der Waals surface area contributed by atoms with Crippen LogP contribution < -0.4 is 10.1 Å². The monoisotopic (exact) mass is 421 g/mol. The zero-order valence-corrected chi connectivity index (χ0v) is 18.3. The van der Waals surface area contributed by atoms with Crippen LogP contribution in [-0.2, 0) is 20.7 Å². The summed E-state index contributed by atoms with van der Waals surface area (Å²) in [6.07, 6.45) is 0.656. The Morgan fingerprint density at radius 1 is 1.06 bits per heavy atom. The Hall–Kier alpha value is -3.61. The summed E-state index contributed by atoms with van der Waals surface area (Å²) >= 11 is 0. The summed E-state index contributed by atoms with van der Waals surface area (Å²) in [5, 5.41) is 7.31. The van der Waals surface area contributed by atoms with Gasteiger partial charge in [-0.15, -0.1) is 0 Å². The zero-order valence-electron chi connectivity index (χ0n) is 18.3. The molecule has 162 valence electrons. The molecule has 0 bridgehead atoms. The zero-order chi connectivity index (χ0) is 22.4. The van der Waals surface area contributed by atoms with E-state index in [1.54, 1.807) is 19.2 Å². The van der Waals surface area contributed by atoms with Crippen molar-refractivity contribution in [1.82, 2.24) is 9.78 Å². The first-order chi connectivity index (χ1) is 14.9. The standard InChI is InChI=1S/C24H27N3O4/c1-16-8-10-19(11-9-16)25-23(28)15-31-24(29)13-12-22-17(2)26-27(18(22)3)20-6-5-7-21(14-20)30-4/h5-11,14H,12-13,15H2,1-4H3,(H,25,28). The third-order valence-corrected chi connectivity index (χ3v) is 5.02. The number of ether oxygens (including phenoxy) is 2. The molecule has 1 N–H and O–H groups in total. The molecule has 0 aliphatic heterocycles. The van der Waals surface area contributed by atoms with Gasteiger partial charge in [0, 0.05) is 23.9 Å². The maximum absolute atomic E-state index is 12.2. The number of nitrogens with one attached hydrogen (secondary N) is 1. The van der Waals surface area contributed by atoms with E-state index < -0.39 is 5.97 Å². The molecule has 1 amide bonds. The Balaban J connectivity index is 1.54. The summed E-state index contributed by atoms with van der Waals surface area (Å²) in [7, 11) is 1.62. The fourth-order valence-corrected chi connectivity index (χ4v) is 3.31. The number of methoxy groups -OCH3 is 1. The van der Waals surface area contributed by atoms with Crippen LogP contribution in [0.3, 0.4) is 0 Å². The van der Waals surface area contributed by atoms with Crippen molar-refractivity contribution in [2.75, 3.05) is 19.0 Å². The Labute approximate surface area is 182 Å². The van der Waals surface area contributed by atoms with Gasteiger partial charge in [-0.1, -0.05) is 23.8 Å². The van der Waals surface area contributed by atoms with Gasteiger partial charge >= 0.3 is 5.97 Å². The second-order valence-corrected chi connectivity index (χ2v) is 7.34. The van der Waals surface area contributed by atoms with Gasteiger partial charge in [0.1, 0.15) is 5.75 Å². The van der Waals surface area contributed by atoms with Crippen molar-refractivity contribution >= 4 is 17.6 Å². The molecule has 0 saturated heterocycles. The Morgan fingerprint density at radius 3 is 2.52 bits per heavy atom. The Bertz CT molecular complexity index is 1070. The van der Waals surface area contributed by atoms with Crippen molar-refractivity contribution in [2.45, 2.75) is 33.6 Å². The third-order valence-electron chi connectivity index (χ3n) is 5.02. The highest BCUT2D eigenvalue weighted by atomic mass is 16.5. The minimum atomic E-state index is -0.424. The van der Waals surface area contributed by atoms with Crippen molar-refractivity contribution in [3.05, 3.63) is 71.0 Å². The molecular weight excluding hydrogens is 394 g/mol. The lowest BCUT2D eigenvalue weighted by atomic mass is 10.1. The lowest BCUT2D eigenvalue weighted by molar-refractivity contribution is -0.147. The average molecular weight is 421 g/mol. The van der Waals surface area contributed by atoms with Crippen LogP contribution in [0.15, 0.2) is 48.5 Å². The minimum absolute atomic E-state index is 0.170. The van der Waals surface area contributed by atoms with Gasteiger partial charge in [0.15, 0.2) is 6.61 Å². The smallest absolute Gasteiger partial charge is 0.306 e. The molecule has 3 rings (SSSR count). The minimum Gasteiger partial charge on any atom is -0.497 e. The van der Waals surface area contributed by atoms with Crippen LogP contribution in [0.25, 0.3) is 5.69 Å². The molecule has 0 saturated carbocycles. The number of carbonyl (C=O) groups is 2. The Morgan fingerprint density at radius 2 is 1.81 bits per heavy atom. The van der Waals surface area contributed by atoms with Crippen LogP contribution in [0, 0.1) is 20.8 Å². The second-order valence-electron chi connectivity index (χ2n) is 7.34. The number of aromatic nitrogens is 2. The summed E-state index contributed by atoms with van der Waals surface area (Å²) in [6, 6.07) is 15.1. The van der Waals surface area contributed by atoms with Gasteiger partial charge < -0.3 is 14.8 Å². The number of aryl methyl sites for hydroxylation is 2. The maximum atomic E-state index is 12.2. The number of rotatable bonds is 8. The van der Waals surface area contributed by atoms with Gasteiger partial charge in [0.05, 0.1) is 18.5 Å². The van der Waals surface area contributed by atoms with E-state index in [4.69, 9.17) is 9.47 Å². The summed E-state index contributed by atoms with van der Waals surface area (Å²) < 4.78 is 12.3. The highest BCUT2D eigenvalue weighted by molar-refractivity contribution is 5.92. The second kappa shape index (κ2) is 9.93. The van der Waals surface area contributed by atoms with E-state index in [9.17, 15) is 9.59 Å². The number of hydrogen-bond donors (Lipinski definition) is 1. The summed E-state index contributed by atoms with van der Waals surface area (Å²) in [5.41, 5.74) is 5.46. The van der Waals surface area contributed by atoms with Crippen LogP contribution in [0.2, 0.25) is 0 Å². The fourth-order valence-electron chi connectivity index (χ4n) is 3.31. The van der Waals surface area contributed by atoms with Crippen LogP contribution in [0.5, 0.6) is 5.75 Å². The first-order valence-corrected chi connectivity index (χ1v) is 10.1. The van der Waals surface area contributed by atoms with E-state index in [0.29, 0.717) is 12.1 Å². The number of anilines is 1. The molecular formula is C24H27N3O4. The van der Waals surface area contributed by atoms with E-state index in [2.05, 4.69) is 10.4 Å². The molecule has 1 aromatic heterocycles. The van der Waals surface area contributed by atoms with E-state index in [-0.39, 0.29) is 18.9 Å². The molecule has 7 heteroatoms. The summed E-state index contributed by atoms with van der Waals surface area (Å²) in [6.45, 7) is 5.54. The van der Waals surface area contributed by atoms with Gasteiger partial charge in [-0.05, 0) is 57.0 Å². The van der Waals surface area contributed by atoms with Gasteiger partial charge in [-0.3, -0.25) is 9.59 Å². The lowest BCUT2D eigenvalue weighted by Gasteiger charge is -2.08. The van der Waals surface area contributed by atoms with Crippen LogP contribution in [0.1, 0.15) is 28.9 Å². The van der Waals surface area contributed by atoms with Gasteiger partial charge in [-0.2, -0.15) is 5.10 Å². The lowest BCUT2D eigenvalue weighted by Crippen LogP contribution is -2.21. The molecule has 0 spiro atoms. The first kappa shape index (κ1) is 22.1. The fraction of sp³-hybridized carbons (Fsp3) is 0.292. The molecule has 0 radical (unpaired) electrons. The van der Waals surface area contributed by atoms with Crippen molar-refractivity contribution in [3.63, 3.8) is 0 Å². The molecule has 0 aliphatic rings. The molecule has 0 unspecified atom stereocenters. The molecule has 2 aromatic carbocycles. The number of nitrogens with zero attached hydrogens (tertiary/aromatic N) is 2. The third kappa shape index (κ3) is 5.72. The molecule has 3 aromatic rings. The maximum Gasteiger partial charge on any atom is 0.306 e. The van der Waals surface area contributed by atoms with Crippen molar-refractivity contribution in [2.24, 2.45) is 0 Å². The molecule has 7 nitrogen and oxygen atoms in total. The molecule has 0 fully saturated rings. The van der Waals surface area contributed by atoms with Gasteiger partial charge in [0.2, 0.25) is 0 Å². The number of amides is 1. The quantitative estimate of drug-likeness (QED) is 0.558.